The zero-order valence-corrected chi connectivity index (χ0v) is 15.2. The first kappa shape index (κ1) is 18.5. The number of carbonyl (C=O) groups is 1. The maximum absolute atomic E-state index is 12.5. The zero-order chi connectivity index (χ0) is 17.7. The van der Waals surface area contributed by atoms with Crippen LogP contribution in [0.4, 0.5) is 0 Å². The molecule has 1 amide bonds. The minimum Gasteiger partial charge on any atom is -0.493 e. The maximum atomic E-state index is 12.5. The highest BCUT2D eigenvalue weighted by atomic mass is 16.5. The number of amides is 1. The molecule has 1 unspecified atom stereocenters. The Morgan fingerprint density at radius 3 is 2.62 bits per heavy atom. The van der Waals surface area contributed by atoms with E-state index >= 15 is 0 Å². The Kier molecular flexibility index (Phi) is 6.07. The van der Waals surface area contributed by atoms with Crippen LogP contribution in [0.5, 0.6) is 11.5 Å². The van der Waals surface area contributed by atoms with Crippen LogP contribution in [0.2, 0.25) is 0 Å². The largest absolute Gasteiger partial charge is 0.493 e. The number of methoxy groups -OCH3 is 2. The first-order valence-electron chi connectivity index (χ1n) is 8.28. The van der Waals surface area contributed by atoms with Crippen molar-refractivity contribution in [3.8, 4) is 11.5 Å². The fourth-order valence-corrected chi connectivity index (χ4v) is 3.08. The fraction of sp³-hybridized carbons (Fsp3) is 0.611. The molecule has 24 heavy (non-hydrogen) atoms. The van der Waals surface area contributed by atoms with Crippen LogP contribution in [-0.2, 0) is 11.3 Å². The van der Waals surface area contributed by atoms with Crippen molar-refractivity contribution in [3.63, 3.8) is 0 Å². The van der Waals surface area contributed by atoms with E-state index in [0.29, 0.717) is 31.1 Å². The number of hydrogen-bond donors (Lipinski definition) is 1. The van der Waals surface area contributed by atoms with Gasteiger partial charge in [-0.2, -0.15) is 0 Å². The van der Waals surface area contributed by atoms with Gasteiger partial charge in [0.05, 0.1) is 20.8 Å². The van der Waals surface area contributed by atoms with Crippen molar-refractivity contribution in [1.29, 1.82) is 0 Å². The Balaban J connectivity index is 1.92. The molecule has 1 saturated heterocycles. The smallest absolute Gasteiger partial charge is 0.236 e. The van der Waals surface area contributed by atoms with Gasteiger partial charge in [-0.1, -0.05) is 13.0 Å². The lowest BCUT2D eigenvalue weighted by atomic mass is 9.90. The van der Waals surface area contributed by atoms with Gasteiger partial charge in [-0.05, 0) is 42.6 Å². The van der Waals surface area contributed by atoms with E-state index in [9.17, 15) is 4.79 Å². The van der Waals surface area contributed by atoms with Crippen molar-refractivity contribution in [3.05, 3.63) is 23.8 Å². The summed E-state index contributed by atoms with van der Waals surface area (Å²) in [6.45, 7) is 5.66. The van der Waals surface area contributed by atoms with Gasteiger partial charge in [-0.25, -0.2) is 0 Å². The fourth-order valence-electron chi connectivity index (χ4n) is 3.08. The third-order valence-electron chi connectivity index (χ3n) is 4.78. The molecule has 1 aliphatic rings. The third-order valence-corrected chi connectivity index (χ3v) is 4.78. The van der Waals surface area contributed by atoms with Crippen LogP contribution in [0.3, 0.4) is 0 Å². The van der Waals surface area contributed by atoms with Gasteiger partial charge >= 0.3 is 0 Å². The van der Waals surface area contributed by atoms with Gasteiger partial charge in [0.15, 0.2) is 11.5 Å². The molecule has 0 aromatic heterocycles. The highest BCUT2D eigenvalue weighted by Gasteiger charge is 2.33. The molecule has 1 aromatic rings. The van der Waals surface area contributed by atoms with Crippen molar-refractivity contribution in [2.45, 2.75) is 19.9 Å². The molecule has 1 aliphatic heterocycles. The highest BCUT2D eigenvalue weighted by Crippen LogP contribution is 2.29. The van der Waals surface area contributed by atoms with Gasteiger partial charge in [0.2, 0.25) is 5.91 Å². The van der Waals surface area contributed by atoms with E-state index in [4.69, 9.17) is 15.2 Å². The summed E-state index contributed by atoms with van der Waals surface area (Å²) in [5.41, 5.74) is 6.98. The normalized spacial score (nSPS) is 20.9. The monoisotopic (exact) mass is 335 g/mol. The molecule has 0 radical (unpaired) electrons. The SMILES string of the molecule is COc1ccc(CN(C)C(=O)CN2CCC(C)(CN)C2)cc1OC. The number of hydrogen-bond acceptors (Lipinski definition) is 5. The molecule has 2 rings (SSSR count). The molecule has 1 atom stereocenters. The molecular formula is C18H29N3O3. The molecule has 1 fully saturated rings. The van der Waals surface area contributed by atoms with Crippen molar-refractivity contribution < 1.29 is 14.3 Å². The van der Waals surface area contributed by atoms with E-state index in [-0.39, 0.29) is 11.3 Å². The van der Waals surface area contributed by atoms with E-state index in [0.717, 1.165) is 25.1 Å². The Hall–Kier alpha value is -1.79. The van der Waals surface area contributed by atoms with Gasteiger partial charge in [0.25, 0.3) is 0 Å². The van der Waals surface area contributed by atoms with Gasteiger partial charge in [-0.3, -0.25) is 9.69 Å². The highest BCUT2D eigenvalue weighted by molar-refractivity contribution is 5.78. The Labute approximate surface area is 144 Å². The van der Waals surface area contributed by atoms with Crippen molar-refractivity contribution in [2.24, 2.45) is 11.1 Å². The summed E-state index contributed by atoms with van der Waals surface area (Å²) in [4.78, 5) is 16.4. The molecule has 6 nitrogen and oxygen atoms in total. The van der Waals surface area contributed by atoms with E-state index < -0.39 is 0 Å². The van der Waals surface area contributed by atoms with E-state index in [1.807, 2.05) is 25.2 Å². The molecule has 1 aromatic carbocycles. The van der Waals surface area contributed by atoms with Gasteiger partial charge < -0.3 is 20.1 Å². The van der Waals surface area contributed by atoms with Crippen LogP contribution in [0.15, 0.2) is 18.2 Å². The minimum atomic E-state index is 0.117. The molecule has 1 heterocycles. The molecule has 0 spiro atoms. The lowest BCUT2D eigenvalue weighted by molar-refractivity contribution is -0.131. The second kappa shape index (κ2) is 7.85. The maximum Gasteiger partial charge on any atom is 0.236 e. The summed E-state index contributed by atoms with van der Waals surface area (Å²) >= 11 is 0. The summed E-state index contributed by atoms with van der Waals surface area (Å²) < 4.78 is 10.6. The molecule has 0 bridgehead atoms. The quantitative estimate of drug-likeness (QED) is 0.814. The van der Waals surface area contributed by atoms with Crippen LogP contribution in [0.1, 0.15) is 18.9 Å². The topological polar surface area (TPSA) is 68.0 Å². The molecule has 0 aliphatic carbocycles. The summed E-state index contributed by atoms with van der Waals surface area (Å²) in [6.07, 6.45) is 1.05. The molecule has 6 heteroatoms. The van der Waals surface area contributed by atoms with Crippen LogP contribution >= 0.6 is 0 Å². The second-order valence-electron chi connectivity index (χ2n) is 6.91. The number of likely N-dealkylation sites (N-methyl/N-ethyl adjacent to an activating group) is 1. The predicted molar refractivity (Wildman–Crippen MR) is 94.2 cm³/mol. The van der Waals surface area contributed by atoms with Gasteiger partial charge in [-0.15, -0.1) is 0 Å². The number of nitrogens with zero attached hydrogens (tertiary/aromatic N) is 2. The average molecular weight is 335 g/mol. The van der Waals surface area contributed by atoms with Gasteiger partial charge in [0.1, 0.15) is 0 Å². The van der Waals surface area contributed by atoms with Crippen LogP contribution in [-0.4, -0.2) is 63.2 Å². The molecular weight excluding hydrogens is 306 g/mol. The molecule has 2 N–H and O–H groups in total. The van der Waals surface area contributed by atoms with Crippen molar-refractivity contribution in [2.75, 3.05) is 47.4 Å². The number of likely N-dealkylation sites (tertiary alicyclic amines) is 1. The average Bonchev–Trinajstić information content (AvgIpc) is 2.96. The number of ether oxygens (including phenoxy) is 2. The van der Waals surface area contributed by atoms with Crippen molar-refractivity contribution in [1.82, 2.24) is 9.80 Å². The van der Waals surface area contributed by atoms with E-state index in [1.165, 1.54) is 0 Å². The zero-order valence-electron chi connectivity index (χ0n) is 15.2. The van der Waals surface area contributed by atoms with Crippen molar-refractivity contribution >= 4 is 5.91 Å². The van der Waals surface area contributed by atoms with Crippen LogP contribution in [0, 0.1) is 5.41 Å². The standard InChI is InChI=1S/C18H29N3O3/c1-18(12-19)7-8-21(13-18)11-17(22)20(2)10-14-5-6-15(23-3)16(9-14)24-4/h5-6,9H,7-8,10-13,19H2,1-4H3. The van der Waals surface area contributed by atoms with Crippen LogP contribution in [0.25, 0.3) is 0 Å². The first-order chi connectivity index (χ1) is 11.4. The Bertz CT molecular complexity index is 579. The number of benzene rings is 1. The summed E-state index contributed by atoms with van der Waals surface area (Å²) in [6, 6.07) is 5.72. The number of carbonyl (C=O) groups excluding carboxylic acids is 1. The first-order valence-corrected chi connectivity index (χ1v) is 8.28. The minimum absolute atomic E-state index is 0.117. The van der Waals surface area contributed by atoms with E-state index in [1.54, 1.807) is 19.1 Å². The summed E-state index contributed by atoms with van der Waals surface area (Å²) in [5.74, 6) is 1.48. The molecule has 0 saturated carbocycles. The van der Waals surface area contributed by atoms with E-state index in [2.05, 4.69) is 11.8 Å². The Morgan fingerprint density at radius 1 is 1.33 bits per heavy atom. The number of nitrogens with two attached hydrogens (primary N) is 1. The second-order valence-corrected chi connectivity index (χ2v) is 6.91. The third kappa shape index (κ3) is 4.39. The van der Waals surface area contributed by atoms with Crippen LogP contribution < -0.4 is 15.2 Å². The predicted octanol–water partition coefficient (Wildman–Crippen LogP) is 1.33. The van der Waals surface area contributed by atoms with Gasteiger partial charge in [0, 0.05) is 20.1 Å². The Morgan fingerprint density at radius 2 is 2.04 bits per heavy atom. The lowest BCUT2D eigenvalue weighted by Gasteiger charge is -2.24. The lowest BCUT2D eigenvalue weighted by Crippen LogP contribution is -2.39. The molecule has 134 valence electrons. The summed E-state index contributed by atoms with van der Waals surface area (Å²) in [5, 5.41) is 0. The summed E-state index contributed by atoms with van der Waals surface area (Å²) in [7, 11) is 5.05. The number of rotatable bonds is 7.